The topological polar surface area (TPSA) is 78.0 Å². The number of H-pyrrole nitrogens is 1. The molecule has 0 saturated heterocycles. The molecular weight excluding hydrogens is 398 g/mol. The Morgan fingerprint density at radius 1 is 1.20 bits per heavy atom. The normalized spacial score (nSPS) is 17.1. The quantitative estimate of drug-likeness (QED) is 0.508. The summed E-state index contributed by atoms with van der Waals surface area (Å²) in [6.07, 6.45) is 4.88. The van der Waals surface area contributed by atoms with Crippen molar-refractivity contribution in [2.45, 2.75) is 44.1 Å². The zero-order valence-corrected chi connectivity index (χ0v) is 17.5. The maximum absolute atomic E-state index is 13.0. The number of carbonyl (C=O) groups is 1. The minimum absolute atomic E-state index is 0.167. The molecule has 4 rings (SSSR count). The van der Waals surface area contributed by atoms with Gasteiger partial charge in [-0.2, -0.15) is 5.10 Å². The van der Waals surface area contributed by atoms with E-state index in [1.165, 1.54) is 5.56 Å². The molecule has 0 saturated carbocycles. The monoisotopic (exact) mass is 423 g/mol. The summed E-state index contributed by atoms with van der Waals surface area (Å²) in [6.45, 7) is -0.167. The van der Waals surface area contributed by atoms with E-state index in [1.54, 1.807) is 0 Å². The molecular formula is C24H26ClN3O2. The highest BCUT2D eigenvalue weighted by molar-refractivity contribution is 6.30. The van der Waals surface area contributed by atoms with Crippen LogP contribution < -0.4 is 5.32 Å². The van der Waals surface area contributed by atoms with Crippen LogP contribution in [-0.4, -0.2) is 27.8 Å². The summed E-state index contributed by atoms with van der Waals surface area (Å²) in [5, 5.41) is 21.0. The van der Waals surface area contributed by atoms with E-state index in [4.69, 9.17) is 11.6 Å². The van der Waals surface area contributed by atoms with Gasteiger partial charge >= 0.3 is 0 Å². The van der Waals surface area contributed by atoms with Crippen LogP contribution in [0, 0.1) is 0 Å². The molecule has 0 fully saturated rings. The molecule has 1 amide bonds. The Hall–Kier alpha value is -2.63. The SMILES string of the molecule is O=C(NC(CO)c1ccccc1)c1n[nH]c2c1CCCC[C@H]2Cc1cccc(Cl)c1. The first-order valence-electron chi connectivity index (χ1n) is 10.4. The van der Waals surface area contributed by atoms with E-state index in [-0.39, 0.29) is 18.4 Å². The van der Waals surface area contributed by atoms with Crippen molar-refractivity contribution < 1.29 is 9.90 Å². The molecule has 0 bridgehead atoms. The largest absolute Gasteiger partial charge is 0.394 e. The summed E-state index contributed by atoms with van der Waals surface area (Å²) >= 11 is 6.16. The van der Waals surface area contributed by atoms with Gasteiger partial charge in [0.05, 0.1) is 12.6 Å². The maximum Gasteiger partial charge on any atom is 0.272 e. The van der Waals surface area contributed by atoms with E-state index in [2.05, 4.69) is 21.6 Å². The Labute approximate surface area is 181 Å². The van der Waals surface area contributed by atoms with Crippen molar-refractivity contribution in [2.24, 2.45) is 0 Å². The summed E-state index contributed by atoms with van der Waals surface area (Å²) in [4.78, 5) is 13.0. The minimum atomic E-state index is -0.459. The van der Waals surface area contributed by atoms with Crippen molar-refractivity contribution in [2.75, 3.05) is 6.61 Å². The summed E-state index contributed by atoms with van der Waals surface area (Å²) in [5.41, 5.74) is 4.55. The van der Waals surface area contributed by atoms with Crippen LogP contribution in [0.2, 0.25) is 5.02 Å². The third-order valence-corrected chi connectivity index (χ3v) is 6.05. The van der Waals surface area contributed by atoms with Gasteiger partial charge in [0.2, 0.25) is 0 Å². The van der Waals surface area contributed by atoms with Crippen LogP contribution in [0.5, 0.6) is 0 Å². The molecule has 2 atom stereocenters. The Morgan fingerprint density at radius 2 is 2.03 bits per heavy atom. The lowest BCUT2D eigenvalue weighted by molar-refractivity contribution is 0.0910. The van der Waals surface area contributed by atoms with E-state index in [9.17, 15) is 9.90 Å². The van der Waals surface area contributed by atoms with E-state index < -0.39 is 6.04 Å². The number of amides is 1. The van der Waals surface area contributed by atoms with Gasteiger partial charge in [-0.25, -0.2) is 0 Å². The predicted octanol–water partition coefficient (Wildman–Crippen LogP) is 4.58. The number of fused-ring (bicyclic) bond motifs is 1. The second-order valence-electron chi connectivity index (χ2n) is 7.86. The molecule has 3 aromatic rings. The lowest BCUT2D eigenvalue weighted by Crippen LogP contribution is -2.31. The first kappa shape index (κ1) is 20.6. The van der Waals surface area contributed by atoms with E-state index >= 15 is 0 Å². The molecule has 5 nitrogen and oxygen atoms in total. The lowest BCUT2D eigenvalue weighted by atomic mass is 9.91. The van der Waals surface area contributed by atoms with Gasteiger partial charge in [-0.15, -0.1) is 0 Å². The average Bonchev–Trinajstić information content (AvgIpc) is 3.09. The Kier molecular flexibility index (Phi) is 6.50. The molecule has 30 heavy (non-hydrogen) atoms. The van der Waals surface area contributed by atoms with Crippen molar-refractivity contribution in [3.05, 3.63) is 87.7 Å². The van der Waals surface area contributed by atoms with Crippen molar-refractivity contribution in [3.63, 3.8) is 0 Å². The van der Waals surface area contributed by atoms with Crippen molar-refractivity contribution >= 4 is 17.5 Å². The number of halogens is 1. The molecule has 1 aliphatic carbocycles. The molecule has 1 aliphatic rings. The fourth-order valence-electron chi connectivity index (χ4n) is 4.29. The van der Waals surface area contributed by atoms with Crippen LogP contribution in [0.4, 0.5) is 0 Å². The van der Waals surface area contributed by atoms with Gasteiger partial charge in [0.15, 0.2) is 5.69 Å². The fraction of sp³-hybridized carbons (Fsp3) is 0.333. The molecule has 1 aromatic heterocycles. The number of benzene rings is 2. The molecule has 2 aromatic carbocycles. The van der Waals surface area contributed by atoms with Gasteiger partial charge in [0.25, 0.3) is 5.91 Å². The average molecular weight is 424 g/mol. The number of aliphatic hydroxyl groups excluding tert-OH is 1. The molecule has 0 radical (unpaired) electrons. The van der Waals surface area contributed by atoms with Crippen molar-refractivity contribution in [1.29, 1.82) is 0 Å². The van der Waals surface area contributed by atoms with Crippen LogP contribution in [0.1, 0.15) is 64.1 Å². The van der Waals surface area contributed by atoms with Crippen molar-refractivity contribution in [1.82, 2.24) is 15.5 Å². The van der Waals surface area contributed by atoms with E-state index in [0.29, 0.717) is 5.69 Å². The third-order valence-electron chi connectivity index (χ3n) is 5.81. The number of aromatic amines is 1. The first-order chi connectivity index (χ1) is 14.7. The molecule has 1 unspecified atom stereocenters. The molecule has 0 spiro atoms. The number of hydrogen-bond acceptors (Lipinski definition) is 3. The maximum atomic E-state index is 13.0. The standard InChI is InChI=1S/C24H26ClN3O2/c25-19-11-6-7-16(14-19)13-18-10-4-5-12-20-22(18)27-28-23(20)24(30)26-21(15-29)17-8-2-1-3-9-17/h1-3,6-9,11,14,18,21,29H,4-5,10,12-13,15H2,(H,26,30)(H,27,28)/t18-,21?/m0/s1. The minimum Gasteiger partial charge on any atom is -0.394 e. The van der Waals surface area contributed by atoms with Gasteiger partial charge in [-0.1, -0.05) is 60.5 Å². The summed E-state index contributed by atoms with van der Waals surface area (Å²) < 4.78 is 0. The number of nitrogens with zero attached hydrogens (tertiary/aromatic N) is 1. The van der Waals surface area contributed by atoms with Crippen LogP contribution in [0.25, 0.3) is 0 Å². The molecule has 156 valence electrons. The highest BCUT2D eigenvalue weighted by Crippen LogP contribution is 2.33. The Morgan fingerprint density at radius 3 is 2.80 bits per heavy atom. The highest BCUT2D eigenvalue weighted by atomic mass is 35.5. The second kappa shape index (κ2) is 9.45. The van der Waals surface area contributed by atoms with Crippen molar-refractivity contribution in [3.8, 4) is 0 Å². The van der Waals surface area contributed by atoms with Crippen LogP contribution in [-0.2, 0) is 12.8 Å². The van der Waals surface area contributed by atoms with E-state index in [1.807, 2.05) is 48.5 Å². The highest BCUT2D eigenvalue weighted by Gasteiger charge is 2.28. The zero-order chi connectivity index (χ0) is 20.9. The molecule has 1 heterocycles. The Balaban J connectivity index is 1.56. The van der Waals surface area contributed by atoms with Crippen LogP contribution in [0.15, 0.2) is 54.6 Å². The number of rotatable bonds is 6. The molecule has 3 N–H and O–H groups in total. The first-order valence-corrected chi connectivity index (χ1v) is 10.8. The number of aliphatic hydroxyl groups is 1. The predicted molar refractivity (Wildman–Crippen MR) is 118 cm³/mol. The number of hydrogen-bond donors (Lipinski definition) is 3. The van der Waals surface area contributed by atoms with Gasteiger partial charge in [0, 0.05) is 22.2 Å². The van der Waals surface area contributed by atoms with Gasteiger partial charge < -0.3 is 10.4 Å². The Bertz CT molecular complexity index is 1000. The number of carbonyl (C=O) groups excluding carboxylic acids is 1. The second-order valence-corrected chi connectivity index (χ2v) is 8.30. The van der Waals surface area contributed by atoms with Gasteiger partial charge in [0.1, 0.15) is 0 Å². The fourth-order valence-corrected chi connectivity index (χ4v) is 4.51. The van der Waals surface area contributed by atoms with Gasteiger partial charge in [-0.3, -0.25) is 9.89 Å². The molecule has 6 heteroatoms. The van der Waals surface area contributed by atoms with Crippen LogP contribution in [0.3, 0.4) is 0 Å². The summed E-state index contributed by atoms with van der Waals surface area (Å²) in [7, 11) is 0. The smallest absolute Gasteiger partial charge is 0.272 e. The third kappa shape index (κ3) is 4.58. The van der Waals surface area contributed by atoms with Gasteiger partial charge in [-0.05, 0) is 48.9 Å². The van der Waals surface area contributed by atoms with Crippen LogP contribution >= 0.6 is 11.6 Å². The molecule has 0 aliphatic heterocycles. The summed E-state index contributed by atoms with van der Waals surface area (Å²) in [5.74, 6) is 0.0246. The van der Waals surface area contributed by atoms with E-state index in [0.717, 1.165) is 53.9 Å². The number of nitrogens with one attached hydrogen (secondary N) is 2. The summed E-state index contributed by atoms with van der Waals surface area (Å²) in [6, 6.07) is 17.0. The lowest BCUT2D eigenvalue weighted by Gasteiger charge is -2.17. The zero-order valence-electron chi connectivity index (χ0n) is 16.8. The number of aromatic nitrogens is 2.